The molecule has 160 valence electrons. The quantitative estimate of drug-likeness (QED) is 0.302. The van der Waals surface area contributed by atoms with E-state index >= 15 is 0 Å². The van der Waals surface area contributed by atoms with Crippen LogP contribution in [0.4, 0.5) is 8.78 Å². The Morgan fingerprint density at radius 1 is 0.909 bits per heavy atom. The van der Waals surface area contributed by atoms with Crippen LogP contribution >= 0.6 is 11.6 Å². The Balaban J connectivity index is 1.73. The summed E-state index contributed by atoms with van der Waals surface area (Å²) in [6.07, 6.45) is 3.08. The third kappa shape index (κ3) is 3.01. The normalized spacial score (nSPS) is 11.6. The van der Waals surface area contributed by atoms with Gasteiger partial charge in [-0.25, -0.2) is 13.8 Å². The van der Waals surface area contributed by atoms with Crippen molar-refractivity contribution in [2.24, 2.45) is 0 Å². The Hall–Kier alpha value is -4.10. The smallest absolute Gasteiger partial charge is 0.256 e. The summed E-state index contributed by atoms with van der Waals surface area (Å²) in [4.78, 5) is 27.5. The topological polar surface area (TPSA) is 74.4 Å². The van der Waals surface area contributed by atoms with Gasteiger partial charge in [-0.2, -0.15) is 0 Å². The second-order valence-corrected chi connectivity index (χ2v) is 8.06. The zero-order valence-electron chi connectivity index (χ0n) is 16.8. The molecule has 0 saturated heterocycles. The lowest BCUT2D eigenvalue weighted by atomic mass is 9.98. The number of benzene rings is 3. The molecule has 0 aliphatic rings. The minimum absolute atomic E-state index is 0.0538. The lowest BCUT2D eigenvalue weighted by Crippen LogP contribution is -2.05. The van der Waals surface area contributed by atoms with Gasteiger partial charge in [0.05, 0.1) is 32.7 Å². The van der Waals surface area contributed by atoms with Crippen molar-refractivity contribution < 1.29 is 8.78 Å². The summed E-state index contributed by atoms with van der Waals surface area (Å²) in [5.41, 5.74) is 1.99. The number of nitrogens with zero attached hydrogens (tertiary/aromatic N) is 2. The van der Waals surface area contributed by atoms with Gasteiger partial charge in [0.15, 0.2) is 0 Å². The highest BCUT2D eigenvalue weighted by Crippen LogP contribution is 2.36. The molecule has 0 spiro atoms. The molecule has 3 aromatic carbocycles. The van der Waals surface area contributed by atoms with E-state index in [4.69, 9.17) is 11.6 Å². The predicted octanol–water partition coefficient (Wildman–Crippen LogP) is 6.22. The highest BCUT2D eigenvalue weighted by atomic mass is 35.5. The van der Waals surface area contributed by atoms with Crippen LogP contribution in [0.1, 0.15) is 0 Å². The van der Waals surface area contributed by atoms with E-state index in [0.29, 0.717) is 43.3 Å². The number of pyridine rings is 2. The van der Waals surface area contributed by atoms with Crippen LogP contribution in [-0.2, 0) is 0 Å². The Bertz CT molecular complexity index is 1750. The van der Waals surface area contributed by atoms with E-state index in [1.54, 1.807) is 24.4 Å². The highest BCUT2D eigenvalue weighted by Gasteiger charge is 2.20. The first-order chi connectivity index (χ1) is 16.0. The Morgan fingerprint density at radius 2 is 1.73 bits per heavy atom. The summed E-state index contributed by atoms with van der Waals surface area (Å²) < 4.78 is 28.9. The minimum Gasteiger partial charge on any atom is -0.337 e. The first kappa shape index (κ1) is 19.6. The molecule has 0 bridgehead atoms. The standard InChI is InChI=1S/C25H13ClF2N4O/c26-13-5-7-19(30-11-13)12-4-6-14-16(10-12)20-15(8-9-29-25(20)33)23-22(14)31-24(32-23)21-17(27)2-1-3-18(21)28/h1-11H,(H,29,33)(H,31,32). The Morgan fingerprint density at radius 3 is 2.48 bits per heavy atom. The van der Waals surface area contributed by atoms with Crippen LogP contribution in [0.15, 0.2) is 71.8 Å². The fourth-order valence-corrected chi connectivity index (χ4v) is 4.34. The molecule has 0 atom stereocenters. The summed E-state index contributed by atoms with van der Waals surface area (Å²) in [6.45, 7) is 0. The molecule has 2 N–H and O–H groups in total. The molecule has 8 heteroatoms. The molecule has 0 fully saturated rings. The monoisotopic (exact) mass is 458 g/mol. The van der Waals surface area contributed by atoms with Crippen LogP contribution in [-0.4, -0.2) is 19.9 Å². The summed E-state index contributed by atoms with van der Waals surface area (Å²) >= 11 is 5.96. The number of H-pyrrole nitrogens is 2. The van der Waals surface area contributed by atoms with E-state index in [1.165, 1.54) is 24.4 Å². The number of hydrogen-bond donors (Lipinski definition) is 2. The molecular weight excluding hydrogens is 446 g/mol. The Kier molecular flexibility index (Phi) is 4.28. The van der Waals surface area contributed by atoms with Gasteiger partial charge in [-0.15, -0.1) is 0 Å². The van der Waals surface area contributed by atoms with Crippen molar-refractivity contribution in [2.75, 3.05) is 0 Å². The third-order valence-corrected chi connectivity index (χ3v) is 5.92. The number of nitrogens with one attached hydrogen (secondary N) is 2. The van der Waals surface area contributed by atoms with Gasteiger partial charge in [-0.1, -0.05) is 29.8 Å². The first-order valence-electron chi connectivity index (χ1n) is 10.0. The van der Waals surface area contributed by atoms with Crippen molar-refractivity contribution in [3.8, 4) is 22.6 Å². The molecule has 6 rings (SSSR count). The average Bonchev–Trinajstić information content (AvgIpc) is 3.24. The van der Waals surface area contributed by atoms with Gasteiger partial charge in [-0.05, 0) is 41.8 Å². The molecular formula is C25H13ClF2N4O. The largest absolute Gasteiger partial charge is 0.337 e. The lowest BCUT2D eigenvalue weighted by Gasteiger charge is -2.08. The maximum absolute atomic E-state index is 14.5. The fourth-order valence-electron chi connectivity index (χ4n) is 4.22. The van der Waals surface area contributed by atoms with Gasteiger partial charge in [0, 0.05) is 28.7 Å². The molecule has 0 aliphatic heterocycles. The number of rotatable bonds is 2. The van der Waals surface area contributed by atoms with E-state index in [1.807, 2.05) is 18.2 Å². The summed E-state index contributed by atoms with van der Waals surface area (Å²) in [6, 6.07) is 14.5. The van der Waals surface area contributed by atoms with Gasteiger partial charge in [0.2, 0.25) is 0 Å². The Labute approximate surface area is 189 Å². The molecule has 0 saturated carbocycles. The van der Waals surface area contributed by atoms with E-state index < -0.39 is 11.6 Å². The van der Waals surface area contributed by atoms with Gasteiger partial charge < -0.3 is 9.97 Å². The van der Waals surface area contributed by atoms with Gasteiger partial charge >= 0.3 is 0 Å². The molecule has 3 heterocycles. The molecule has 3 aromatic heterocycles. The summed E-state index contributed by atoms with van der Waals surface area (Å²) in [5.74, 6) is -1.40. The van der Waals surface area contributed by atoms with Crippen molar-refractivity contribution in [2.45, 2.75) is 0 Å². The molecule has 0 radical (unpaired) electrons. The minimum atomic E-state index is -0.725. The zero-order chi connectivity index (χ0) is 22.7. The number of aromatic amines is 2. The number of hydrogen-bond acceptors (Lipinski definition) is 3. The summed E-state index contributed by atoms with van der Waals surface area (Å²) in [5, 5.41) is 2.89. The number of fused-ring (bicyclic) bond motifs is 6. The SMILES string of the molecule is O=c1[nH]ccc2c3nc(-c4c(F)cccc4F)[nH]c3c3ccc(-c4ccc(Cl)cn4)cc3c12. The molecule has 33 heavy (non-hydrogen) atoms. The van der Waals surface area contributed by atoms with E-state index in [9.17, 15) is 13.6 Å². The van der Waals surface area contributed by atoms with Crippen LogP contribution in [0.5, 0.6) is 0 Å². The highest BCUT2D eigenvalue weighted by molar-refractivity contribution is 6.30. The van der Waals surface area contributed by atoms with Gasteiger partial charge in [-0.3, -0.25) is 9.78 Å². The molecule has 0 aliphatic carbocycles. The van der Waals surface area contributed by atoms with Crippen LogP contribution in [0.3, 0.4) is 0 Å². The van der Waals surface area contributed by atoms with Crippen molar-refractivity contribution in [3.05, 3.63) is 94.0 Å². The van der Waals surface area contributed by atoms with Crippen molar-refractivity contribution >= 4 is 44.2 Å². The third-order valence-electron chi connectivity index (χ3n) is 5.70. The second kappa shape index (κ2) is 7.21. The molecule has 0 unspecified atom stereocenters. The molecule has 0 amide bonds. The lowest BCUT2D eigenvalue weighted by molar-refractivity contribution is 0.588. The fraction of sp³-hybridized carbons (Fsp3) is 0. The van der Waals surface area contributed by atoms with Crippen molar-refractivity contribution in [1.82, 2.24) is 19.9 Å². The van der Waals surface area contributed by atoms with Crippen LogP contribution < -0.4 is 5.56 Å². The van der Waals surface area contributed by atoms with Crippen LogP contribution in [0.25, 0.3) is 55.2 Å². The van der Waals surface area contributed by atoms with Crippen molar-refractivity contribution in [1.29, 1.82) is 0 Å². The molecule has 5 nitrogen and oxygen atoms in total. The van der Waals surface area contributed by atoms with Crippen molar-refractivity contribution in [3.63, 3.8) is 0 Å². The van der Waals surface area contributed by atoms with E-state index in [2.05, 4.69) is 19.9 Å². The van der Waals surface area contributed by atoms with Gasteiger partial charge in [0.1, 0.15) is 17.5 Å². The maximum atomic E-state index is 14.5. The second-order valence-electron chi connectivity index (χ2n) is 7.62. The van der Waals surface area contributed by atoms with Crippen LogP contribution in [0, 0.1) is 11.6 Å². The predicted molar refractivity (Wildman–Crippen MR) is 125 cm³/mol. The number of aromatic nitrogens is 4. The van der Waals surface area contributed by atoms with E-state index in [-0.39, 0.29) is 16.9 Å². The van der Waals surface area contributed by atoms with Crippen LogP contribution in [0.2, 0.25) is 5.02 Å². The maximum Gasteiger partial charge on any atom is 0.256 e. The van der Waals surface area contributed by atoms with Gasteiger partial charge in [0.25, 0.3) is 5.56 Å². The first-order valence-corrected chi connectivity index (χ1v) is 10.4. The van der Waals surface area contributed by atoms with E-state index in [0.717, 1.165) is 5.56 Å². The zero-order valence-corrected chi connectivity index (χ0v) is 17.5. The summed E-state index contributed by atoms with van der Waals surface area (Å²) in [7, 11) is 0. The number of halogens is 3. The number of imidazole rings is 1. The average molecular weight is 459 g/mol. The molecule has 6 aromatic rings.